The van der Waals surface area contributed by atoms with Gasteiger partial charge in [0, 0.05) is 18.4 Å². The molecule has 0 aliphatic carbocycles. The molecule has 0 amide bonds. The van der Waals surface area contributed by atoms with E-state index in [1.807, 2.05) is 12.5 Å². The highest BCUT2D eigenvalue weighted by atomic mass is 15.0. The van der Waals surface area contributed by atoms with Crippen molar-refractivity contribution in [3.05, 3.63) is 18.7 Å². The van der Waals surface area contributed by atoms with E-state index in [4.69, 9.17) is 0 Å². The highest BCUT2D eigenvalue weighted by Gasteiger charge is 2.10. The van der Waals surface area contributed by atoms with Crippen LogP contribution in [0.25, 0.3) is 0 Å². The minimum absolute atomic E-state index is 0.674. The first kappa shape index (κ1) is 32.2. The maximum Gasteiger partial charge on any atom is 0.0948 e. The van der Waals surface area contributed by atoms with Crippen LogP contribution in [0.3, 0.4) is 0 Å². The average Bonchev–Trinajstić information content (AvgIpc) is 3.41. The van der Waals surface area contributed by atoms with E-state index >= 15 is 0 Å². The van der Waals surface area contributed by atoms with Crippen molar-refractivity contribution in [3.63, 3.8) is 0 Å². The topological polar surface area (TPSA) is 17.8 Å². The number of aromatic nitrogens is 2. The molecule has 0 saturated carbocycles. The molecule has 1 aromatic rings. The Morgan fingerprint density at radius 1 is 0.457 bits per heavy atom. The molecule has 0 fully saturated rings. The molecule has 0 radical (unpaired) electrons. The first-order valence-electron chi connectivity index (χ1n) is 16.4. The Morgan fingerprint density at radius 3 is 1.06 bits per heavy atom. The number of unbranched alkanes of at least 4 members (excludes halogenated alkanes) is 23. The van der Waals surface area contributed by atoms with Crippen LogP contribution in [0.2, 0.25) is 0 Å². The van der Waals surface area contributed by atoms with Gasteiger partial charge in [-0.2, -0.15) is 0 Å². The van der Waals surface area contributed by atoms with Crippen molar-refractivity contribution >= 4 is 0 Å². The zero-order chi connectivity index (χ0) is 25.1. The van der Waals surface area contributed by atoms with Gasteiger partial charge in [0.2, 0.25) is 0 Å². The Labute approximate surface area is 221 Å². The molecule has 0 aliphatic rings. The van der Waals surface area contributed by atoms with E-state index in [1.165, 1.54) is 173 Å². The summed E-state index contributed by atoms with van der Waals surface area (Å²) in [6.07, 6.45) is 44.8. The second-order valence-electron chi connectivity index (χ2n) is 11.4. The summed E-state index contributed by atoms with van der Waals surface area (Å²) in [4.78, 5) is 4.33. The van der Waals surface area contributed by atoms with Gasteiger partial charge in [-0.05, 0) is 12.8 Å². The maximum absolute atomic E-state index is 4.33. The lowest BCUT2D eigenvalue weighted by Gasteiger charge is -2.18. The third kappa shape index (κ3) is 21.0. The molecule has 0 aromatic carbocycles. The van der Waals surface area contributed by atoms with E-state index in [-0.39, 0.29) is 0 Å². The number of hydrogen-bond donors (Lipinski definition) is 0. The maximum atomic E-state index is 4.33. The molecular weight excluding hydrogens is 424 g/mol. The molecule has 1 rings (SSSR count). The molecule has 1 aromatic heterocycles. The van der Waals surface area contributed by atoms with Crippen molar-refractivity contribution in [2.75, 3.05) is 0 Å². The van der Waals surface area contributed by atoms with E-state index in [0.29, 0.717) is 6.04 Å². The summed E-state index contributed by atoms with van der Waals surface area (Å²) >= 11 is 0. The third-order valence-electron chi connectivity index (χ3n) is 7.98. The standard InChI is InChI=1S/C33H64N2/c1-3-5-7-9-11-13-15-17-19-21-23-25-27-29-33(35-31-30-34-32-35)28-26-24-22-20-18-16-14-12-10-8-6-4-2/h30-33H,3-29H2,1-2H3. The average molecular weight is 489 g/mol. The van der Waals surface area contributed by atoms with Gasteiger partial charge < -0.3 is 4.57 Å². The van der Waals surface area contributed by atoms with E-state index < -0.39 is 0 Å². The molecule has 1 heterocycles. The van der Waals surface area contributed by atoms with Gasteiger partial charge in [0.15, 0.2) is 0 Å². The lowest BCUT2D eigenvalue weighted by Crippen LogP contribution is -2.07. The summed E-state index contributed by atoms with van der Waals surface area (Å²) in [5.41, 5.74) is 0. The van der Waals surface area contributed by atoms with E-state index in [0.717, 1.165) is 0 Å². The van der Waals surface area contributed by atoms with Gasteiger partial charge >= 0.3 is 0 Å². The summed E-state index contributed by atoms with van der Waals surface area (Å²) in [6, 6.07) is 0.674. The molecule has 0 aliphatic heterocycles. The fraction of sp³-hybridized carbons (Fsp3) is 0.909. The van der Waals surface area contributed by atoms with Crippen molar-refractivity contribution in [3.8, 4) is 0 Å². The van der Waals surface area contributed by atoms with Crippen molar-refractivity contribution in [2.45, 2.75) is 193 Å². The Balaban J connectivity index is 1.96. The summed E-state index contributed by atoms with van der Waals surface area (Å²) in [5, 5.41) is 0. The SMILES string of the molecule is CCCCCCCCCCCCCCCC(CCCCCCCCCCCCCC)n1ccnc1. The van der Waals surface area contributed by atoms with Gasteiger partial charge in [0.05, 0.1) is 6.33 Å². The normalized spacial score (nSPS) is 12.4. The van der Waals surface area contributed by atoms with E-state index in [2.05, 4.69) is 29.6 Å². The molecule has 0 spiro atoms. The molecule has 1 unspecified atom stereocenters. The Kier molecular flexibility index (Phi) is 24.2. The largest absolute Gasteiger partial charge is 0.334 e. The Morgan fingerprint density at radius 2 is 0.771 bits per heavy atom. The number of imidazole rings is 1. The summed E-state index contributed by atoms with van der Waals surface area (Å²) in [5.74, 6) is 0. The zero-order valence-corrected chi connectivity index (χ0v) is 24.3. The summed E-state index contributed by atoms with van der Waals surface area (Å²) in [7, 11) is 0. The molecule has 0 saturated heterocycles. The van der Waals surface area contributed by atoms with Crippen LogP contribution in [0.15, 0.2) is 18.7 Å². The molecule has 2 heteroatoms. The van der Waals surface area contributed by atoms with Gasteiger partial charge in [-0.1, -0.05) is 174 Å². The van der Waals surface area contributed by atoms with E-state index in [1.54, 1.807) is 0 Å². The highest BCUT2D eigenvalue weighted by Crippen LogP contribution is 2.24. The number of hydrogen-bond acceptors (Lipinski definition) is 1. The lowest BCUT2D eigenvalue weighted by atomic mass is 9.99. The molecule has 0 N–H and O–H groups in total. The van der Waals surface area contributed by atoms with Crippen molar-refractivity contribution in [1.82, 2.24) is 9.55 Å². The van der Waals surface area contributed by atoms with Gasteiger partial charge in [-0.15, -0.1) is 0 Å². The zero-order valence-electron chi connectivity index (χ0n) is 24.3. The molecule has 2 nitrogen and oxygen atoms in total. The fourth-order valence-electron chi connectivity index (χ4n) is 5.55. The van der Waals surface area contributed by atoms with Crippen LogP contribution in [0.1, 0.15) is 193 Å². The van der Waals surface area contributed by atoms with Crippen LogP contribution in [0.5, 0.6) is 0 Å². The van der Waals surface area contributed by atoms with Crippen molar-refractivity contribution < 1.29 is 0 Å². The minimum atomic E-state index is 0.674. The predicted octanol–water partition coefficient (Wildman–Crippen LogP) is 12.0. The monoisotopic (exact) mass is 489 g/mol. The smallest absolute Gasteiger partial charge is 0.0948 e. The van der Waals surface area contributed by atoms with Crippen molar-refractivity contribution in [2.24, 2.45) is 0 Å². The predicted molar refractivity (Wildman–Crippen MR) is 157 cm³/mol. The Bertz CT molecular complexity index is 495. The van der Waals surface area contributed by atoms with Crippen LogP contribution in [-0.4, -0.2) is 9.55 Å². The lowest BCUT2D eigenvalue weighted by molar-refractivity contribution is 0.393. The second kappa shape index (κ2) is 26.3. The number of nitrogens with zero attached hydrogens (tertiary/aromatic N) is 2. The second-order valence-corrected chi connectivity index (χ2v) is 11.4. The van der Waals surface area contributed by atoms with Crippen molar-refractivity contribution in [1.29, 1.82) is 0 Å². The quantitative estimate of drug-likeness (QED) is 0.107. The van der Waals surface area contributed by atoms with Crippen LogP contribution < -0.4 is 0 Å². The van der Waals surface area contributed by atoms with Crippen LogP contribution in [0, 0.1) is 0 Å². The molecule has 206 valence electrons. The van der Waals surface area contributed by atoms with Crippen LogP contribution >= 0.6 is 0 Å². The summed E-state index contributed by atoms with van der Waals surface area (Å²) < 4.78 is 2.39. The minimum Gasteiger partial charge on any atom is -0.334 e. The molecule has 1 atom stereocenters. The molecule has 0 bridgehead atoms. The van der Waals surface area contributed by atoms with Gasteiger partial charge in [0.1, 0.15) is 0 Å². The highest BCUT2D eigenvalue weighted by molar-refractivity contribution is 4.80. The van der Waals surface area contributed by atoms with Gasteiger partial charge in [-0.25, -0.2) is 4.98 Å². The van der Waals surface area contributed by atoms with Gasteiger partial charge in [-0.3, -0.25) is 0 Å². The first-order chi connectivity index (χ1) is 17.4. The molecular formula is C33H64N2. The molecule has 35 heavy (non-hydrogen) atoms. The summed E-state index contributed by atoms with van der Waals surface area (Å²) in [6.45, 7) is 4.61. The third-order valence-corrected chi connectivity index (χ3v) is 7.98. The van der Waals surface area contributed by atoms with Crippen LogP contribution in [0.4, 0.5) is 0 Å². The van der Waals surface area contributed by atoms with E-state index in [9.17, 15) is 0 Å². The fourth-order valence-corrected chi connectivity index (χ4v) is 5.55. The Hall–Kier alpha value is -0.790. The number of rotatable bonds is 28. The van der Waals surface area contributed by atoms with Crippen LogP contribution in [-0.2, 0) is 0 Å². The first-order valence-corrected chi connectivity index (χ1v) is 16.4. The van der Waals surface area contributed by atoms with Gasteiger partial charge in [0.25, 0.3) is 0 Å².